The summed E-state index contributed by atoms with van der Waals surface area (Å²) in [5.41, 5.74) is 2.11. The second-order valence-electron chi connectivity index (χ2n) is 9.63. The summed E-state index contributed by atoms with van der Waals surface area (Å²) in [5.74, 6) is -1.24. The van der Waals surface area contributed by atoms with Crippen LogP contribution in [0.25, 0.3) is 0 Å². The highest BCUT2D eigenvalue weighted by Gasteiger charge is 2.30. The van der Waals surface area contributed by atoms with E-state index in [9.17, 15) is 22.0 Å². The van der Waals surface area contributed by atoms with E-state index >= 15 is 0 Å². The van der Waals surface area contributed by atoms with Crippen LogP contribution in [-0.4, -0.2) is 35.3 Å². The highest BCUT2D eigenvalue weighted by Crippen LogP contribution is 2.31. The maximum Gasteiger partial charge on any atom is 0.254 e. The lowest BCUT2D eigenvalue weighted by molar-refractivity contribution is 0.0730. The van der Waals surface area contributed by atoms with Gasteiger partial charge in [-0.3, -0.25) is 4.79 Å². The Hall–Kier alpha value is -3.85. The lowest BCUT2D eigenvalue weighted by Gasteiger charge is -2.24. The Kier molecular flexibility index (Phi) is 7.37. The highest BCUT2D eigenvalue weighted by molar-refractivity contribution is 7.90. The molecule has 1 fully saturated rings. The van der Waals surface area contributed by atoms with E-state index in [0.717, 1.165) is 18.4 Å². The maximum absolute atomic E-state index is 13.9. The summed E-state index contributed by atoms with van der Waals surface area (Å²) in [7, 11) is -3.90. The van der Waals surface area contributed by atoms with Crippen LogP contribution in [0.5, 0.6) is 0 Å². The van der Waals surface area contributed by atoms with Gasteiger partial charge in [0, 0.05) is 12.1 Å². The molecule has 1 aliphatic rings. The Morgan fingerprint density at radius 1 is 0.921 bits per heavy atom. The molecule has 4 aromatic rings. The molecule has 1 aliphatic carbocycles. The number of amides is 1. The Morgan fingerprint density at radius 3 is 2.34 bits per heavy atom. The molecule has 0 unspecified atom stereocenters. The maximum atomic E-state index is 13.9. The van der Waals surface area contributed by atoms with Gasteiger partial charge in [0.1, 0.15) is 11.6 Å². The van der Waals surface area contributed by atoms with E-state index in [1.54, 1.807) is 15.5 Å². The van der Waals surface area contributed by atoms with Crippen molar-refractivity contribution in [2.24, 2.45) is 5.92 Å². The SMILES string of the molecule is O=C(c1cccc(F)c1)N(Cc1cnc(S(=O)(=O)Cc2ccc(F)cc2)n1Cc1ccccc1)CC1CC1. The highest BCUT2D eigenvalue weighted by atomic mass is 32.2. The number of carbonyl (C=O) groups excluding carboxylic acids is 1. The van der Waals surface area contributed by atoms with Gasteiger partial charge >= 0.3 is 0 Å². The van der Waals surface area contributed by atoms with Gasteiger partial charge in [-0.2, -0.15) is 0 Å². The molecule has 3 aromatic carbocycles. The summed E-state index contributed by atoms with van der Waals surface area (Å²) in [6.45, 7) is 0.848. The molecule has 0 spiro atoms. The predicted molar refractivity (Wildman–Crippen MR) is 139 cm³/mol. The number of sulfone groups is 1. The van der Waals surface area contributed by atoms with Crippen LogP contribution in [-0.2, 0) is 28.7 Å². The zero-order chi connectivity index (χ0) is 26.7. The fourth-order valence-electron chi connectivity index (χ4n) is 4.40. The Labute approximate surface area is 220 Å². The van der Waals surface area contributed by atoms with Crippen LogP contribution in [0.3, 0.4) is 0 Å². The van der Waals surface area contributed by atoms with E-state index in [0.29, 0.717) is 23.7 Å². The van der Waals surface area contributed by atoms with Crippen LogP contribution in [0.4, 0.5) is 8.78 Å². The van der Waals surface area contributed by atoms with E-state index in [-0.39, 0.29) is 35.5 Å². The first-order valence-corrected chi connectivity index (χ1v) is 14.0. The molecule has 6 nitrogen and oxygen atoms in total. The summed E-state index contributed by atoms with van der Waals surface area (Å²) in [5, 5.41) is -0.120. The Morgan fingerprint density at radius 2 is 1.66 bits per heavy atom. The number of halogens is 2. The van der Waals surface area contributed by atoms with Crippen molar-refractivity contribution in [3.05, 3.63) is 119 Å². The lowest BCUT2D eigenvalue weighted by Crippen LogP contribution is -2.33. The van der Waals surface area contributed by atoms with Gasteiger partial charge in [0.25, 0.3) is 5.91 Å². The minimum absolute atomic E-state index is 0.120. The number of hydrogen-bond acceptors (Lipinski definition) is 4. The predicted octanol–water partition coefficient (Wildman–Crippen LogP) is 5.24. The van der Waals surface area contributed by atoms with Crippen LogP contribution in [0, 0.1) is 17.6 Å². The van der Waals surface area contributed by atoms with Gasteiger partial charge in [0.2, 0.25) is 15.0 Å². The van der Waals surface area contributed by atoms with E-state index in [2.05, 4.69) is 4.98 Å². The average Bonchev–Trinajstić information content (AvgIpc) is 3.63. The first-order valence-electron chi connectivity index (χ1n) is 12.4. The number of aromatic nitrogens is 2. The lowest BCUT2D eigenvalue weighted by atomic mass is 10.1. The fraction of sp³-hybridized carbons (Fsp3) is 0.241. The van der Waals surface area contributed by atoms with Crippen LogP contribution in [0.2, 0.25) is 0 Å². The number of nitrogens with zero attached hydrogens (tertiary/aromatic N) is 3. The molecule has 1 heterocycles. The monoisotopic (exact) mass is 535 g/mol. The van der Waals surface area contributed by atoms with E-state index in [1.807, 2.05) is 30.3 Å². The third-order valence-electron chi connectivity index (χ3n) is 6.52. The minimum atomic E-state index is -3.90. The molecule has 0 atom stereocenters. The molecule has 1 aromatic heterocycles. The van der Waals surface area contributed by atoms with Gasteiger partial charge < -0.3 is 9.47 Å². The molecule has 0 aliphatic heterocycles. The third-order valence-corrected chi connectivity index (χ3v) is 8.12. The second kappa shape index (κ2) is 10.9. The Balaban J connectivity index is 1.50. The van der Waals surface area contributed by atoms with Crippen molar-refractivity contribution in [1.29, 1.82) is 0 Å². The standard InChI is InChI=1S/C29H27F2N3O3S/c30-25-13-11-23(12-14-25)20-38(36,37)29-32-16-27(34(29)18-21-5-2-1-3-6-21)19-33(17-22-9-10-22)28(35)24-7-4-8-26(31)15-24/h1-8,11-16,22H,9-10,17-20H2. The van der Waals surface area contributed by atoms with Gasteiger partial charge in [-0.15, -0.1) is 0 Å². The first kappa shape index (κ1) is 25.8. The third kappa shape index (κ3) is 6.16. The van der Waals surface area contributed by atoms with Crippen molar-refractivity contribution < 1.29 is 22.0 Å². The van der Waals surface area contributed by atoms with Crippen molar-refractivity contribution in [1.82, 2.24) is 14.5 Å². The van der Waals surface area contributed by atoms with Crippen LogP contribution < -0.4 is 0 Å². The van der Waals surface area contributed by atoms with Gasteiger partial charge in [0.05, 0.1) is 30.7 Å². The van der Waals surface area contributed by atoms with Gasteiger partial charge in [-0.05, 0) is 60.2 Å². The summed E-state index contributed by atoms with van der Waals surface area (Å²) < 4.78 is 55.8. The number of benzene rings is 3. The molecule has 1 amide bonds. The van der Waals surface area contributed by atoms with E-state index in [4.69, 9.17) is 0 Å². The van der Waals surface area contributed by atoms with Crippen LogP contribution in [0.15, 0.2) is 90.2 Å². The topological polar surface area (TPSA) is 72.3 Å². The Bertz CT molecular complexity index is 1530. The van der Waals surface area contributed by atoms with Crippen LogP contribution >= 0.6 is 0 Å². The number of rotatable bonds is 10. The molecule has 1 saturated carbocycles. The average molecular weight is 536 g/mol. The molecule has 9 heteroatoms. The molecule has 38 heavy (non-hydrogen) atoms. The molecule has 0 N–H and O–H groups in total. The van der Waals surface area contributed by atoms with E-state index in [1.165, 1.54) is 48.7 Å². The number of hydrogen-bond donors (Lipinski definition) is 0. The van der Waals surface area contributed by atoms with Gasteiger partial charge in [-0.1, -0.05) is 48.5 Å². The summed E-state index contributed by atoms with van der Waals surface area (Å²) >= 11 is 0. The number of carbonyl (C=O) groups is 1. The zero-order valence-electron chi connectivity index (χ0n) is 20.6. The summed E-state index contributed by atoms with van der Waals surface area (Å²) in [6.07, 6.45) is 3.50. The smallest absolute Gasteiger partial charge is 0.254 e. The summed E-state index contributed by atoms with van der Waals surface area (Å²) in [4.78, 5) is 19.3. The minimum Gasteiger partial charge on any atom is -0.332 e. The zero-order valence-corrected chi connectivity index (χ0v) is 21.4. The molecule has 196 valence electrons. The van der Waals surface area contributed by atoms with Crippen molar-refractivity contribution in [3.63, 3.8) is 0 Å². The van der Waals surface area contributed by atoms with Crippen LogP contribution in [0.1, 0.15) is 40.0 Å². The van der Waals surface area contributed by atoms with Crippen molar-refractivity contribution in [2.75, 3.05) is 6.54 Å². The summed E-state index contributed by atoms with van der Waals surface area (Å²) in [6, 6.07) is 20.3. The largest absolute Gasteiger partial charge is 0.332 e. The van der Waals surface area contributed by atoms with Gasteiger partial charge in [0.15, 0.2) is 0 Å². The van der Waals surface area contributed by atoms with Gasteiger partial charge in [-0.25, -0.2) is 22.2 Å². The van der Waals surface area contributed by atoms with Crippen molar-refractivity contribution in [3.8, 4) is 0 Å². The van der Waals surface area contributed by atoms with E-state index < -0.39 is 21.5 Å². The molecule has 0 radical (unpaired) electrons. The molecule has 0 saturated heterocycles. The normalized spacial score (nSPS) is 13.4. The molecule has 0 bridgehead atoms. The molecular weight excluding hydrogens is 508 g/mol. The quantitative estimate of drug-likeness (QED) is 0.279. The number of imidazole rings is 1. The first-order chi connectivity index (χ1) is 18.3. The fourth-order valence-corrected chi connectivity index (χ4v) is 5.89. The van der Waals surface area contributed by atoms with Crippen molar-refractivity contribution in [2.45, 2.75) is 36.8 Å². The van der Waals surface area contributed by atoms with Crippen molar-refractivity contribution >= 4 is 15.7 Å². The molecule has 5 rings (SSSR count). The molecular formula is C29H27F2N3O3S. The second-order valence-corrected chi connectivity index (χ2v) is 11.5.